The lowest BCUT2D eigenvalue weighted by Crippen LogP contribution is -2.16. The maximum atomic E-state index is 11.8. The Hall–Kier alpha value is -1.95. The minimum atomic E-state index is -0.895. The van der Waals surface area contributed by atoms with Crippen molar-refractivity contribution in [2.75, 3.05) is 5.32 Å². The molecule has 2 N–H and O–H groups in total. The summed E-state index contributed by atoms with van der Waals surface area (Å²) in [4.78, 5) is 26.6. The lowest BCUT2D eigenvalue weighted by molar-refractivity contribution is -0.139. The minimum absolute atomic E-state index is 0.216. The van der Waals surface area contributed by atoms with Crippen LogP contribution in [0.1, 0.15) is 6.42 Å². The van der Waals surface area contributed by atoms with Gasteiger partial charge in [0.1, 0.15) is 0 Å². The highest BCUT2D eigenvalue weighted by Gasteiger charge is 2.48. The molecule has 5 nitrogen and oxygen atoms in total. The number of carboxylic acids is 1. The number of carbonyl (C=O) groups excluding carboxylic acids is 1. The van der Waals surface area contributed by atoms with E-state index < -0.39 is 11.9 Å². The topological polar surface area (TPSA) is 79.3 Å². The van der Waals surface area contributed by atoms with E-state index >= 15 is 0 Å². The summed E-state index contributed by atoms with van der Waals surface area (Å²) < 4.78 is 0.999. The predicted octanol–water partition coefficient (Wildman–Crippen LogP) is 1.96. The molecule has 3 rings (SSSR count). The number of nitrogens with zero attached hydrogens (tertiary/aromatic N) is 1. The monoisotopic (exact) mass is 262 g/mol. The average Bonchev–Trinajstić information content (AvgIpc) is 3.02. The van der Waals surface area contributed by atoms with E-state index in [4.69, 9.17) is 5.11 Å². The highest BCUT2D eigenvalue weighted by molar-refractivity contribution is 7.16. The molecular weight excluding hydrogens is 252 g/mol. The zero-order valence-electron chi connectivity index (χ0n) is 9.29. The second kappa shape index (κ2) is 4.06. The van der Waals surface area contributed by atoms with Crippen LogP contribution < -0.4 is 5.32 Å². The Kier molecular flexibility index (Phi) is 2.52. The van der Waals surface area contributed by atoms with Gasteiger partial charge < -0.3 is 10.4 Å². The van der Waals surface area contributed by atoms with E-state index in [0.717, 1.165) is 10.2 Å². The van der Waals surface area contributed by atoms with Crippen molar-refractivity contribution in [3.05, 3.63) is 23.7 Å². The number of carbonyl (C=O) groups is 2. The summed E-state index contributed by atoms with van der Waals surface area (Å²) in [6, 6.07) is 5.46. The van der Waals surface area contributed by atoms with Crippen molar-refractivity contribution in [2.24, 2.45) is 11.8 Å². The molecule has 1 aliphatic carbocycles. The number of aliphatic carboxylic acids is 1. The third-order valence-electron chi connectivity index (χ3n) is 3.04. The molecule has 1 amide bonds. The SMILES string of the molecule is O=C(O)C1CC1C(=O)Nc1ccc2ncsc2c1. The molecule has 0 radical (unpaired) electrons. The van der Waals surface area contributed by atoms with Crippen LogP contribution in [-0.2, 0) is 9.59 Å². The van der Waals surface area contributed by atoms with E-state index in [2.05, 4.69) is 10.3 Å². The maximum absolute atomic E-state index is 11.8. The summed E-state index contributed by atoms with van der Waals surface area (Å²) in [6.45, 7) is 0. The van der Waals surface area contributed by atoms with Gasteiger partial charge in [-0.3, -0.25) is 9.59 Å². The number of aromatic nitrogens is 1. The smallest absolute Gasteiger partial charge is 0.307 e. The van der Waals surface area contributed by atoms with Gasteiger partial charge in [0.05, 0.1) is 27.6 Å². The molecule has 0 aliphatic heterocycles. The summed E-state index contributed by atoms with van der Waals surface area (Å²) in [5.41, 5.74) is 3.33. The summed E-state index contributed by atoms with van der Waals surface area (Å²) >= 11 is 1.50. The van der Waals surface area contributed by atoms with Gasteiger partial charge in [-0.25, -0.2) is 4.98 Å². The first-order valence-corrected chi connectivity index (χ1v) is 6.40. The summed E-state index contributed by atoms with van der Waals surface area (Å²) in [6.07, 6.45) is 0.434. The molecule has 1 aromatic carbocycles. The molecule has 2 aromatic rings. The molecular formula is C12H10N2O3S. The van der Waals surface area contributed by atoms with Gasteiger partial charge in [0, 0.05) is 5.69 Å². The normalized spacial score (nSPS) is 21.8. The van der Waals surface area contributed by atoms with Crippen LogP contribution in [0.4, 0.5) is 5.69 Å². The first kappa shape index (κ1) is 11.2. The number of anilines is 1. The highest BCUT2D eigenvalue weighted by Crippen LogP contribution is 2.39. The van der Waals surface area contributed by atoms with E-state index in [9.17, 15) is 9.59 Å². The van der Waals surface area contributed by atoms with E-state index in [-0.39, 0.29) is 11.8 Å². The van der Waals surface area contributed by atoms with Crippen molar-refractivity contribution in [3.63, 3.8) is 0 Å². The van der Waals surface area contributed by atoms with E-state index in [0.29, 0.717) is 12.1 Å². The number of amides is 1. The second-order valence-corrected chi connectivity index (χ2v) is 5.20. The standard InChI is InChI=1S/C12H10N2O3S/c15-11(7-4-8(7)12(16)17)14-6-1-2-9-10(3-6)18-5-13-9/h1-3,5,7-8H,4H2,(H,14,15)(H,16,17). The van der Waals surface area contributed by atoms with Gasteiger partial charge in [-0.2, -0.15) is 0 Å². The molecule has 1 saturated carbocycles. The third kappa shape index (κ3) is 1.95. The van der Waals surface area contributed by atoms with Crippen molar-refractivity contribution in [1.29, 1.82) is 0 Å². The lowest BCUT2D eigenvalue weighted by atomic mass is 10.2. The number of hydrogen-bond donors (Lipinski definition) is 2. The number of nitrogens with one attached hydrogen (secondary N) is 1. The van der Waals surface area contributed by atoms with Gasteiger partial charge in [-0.15, -0.1) is 11.3 Å². The van der Waals surface area contributed by atoms with Gasteiger partial charge in [-0.1, -0.05) is 0 Å². The van der Waals surface area contributed by atoms with Crippen molar-refractivity contribution in [2.45, 2.75) is 6.42 Å². The largest absolute Gasteiger partial charge is 0.481 e. The molecule has 2 unspecified atom stereocenters. The van der Waals surface area contributed by atoms with E-state index in [1.54, 1.807) is 11.6 Å². The number of rotatable bonds is 3. The zero-order chi connectivity index (χ0) is 12.7. The van der Waals surface area contributed by atoms with Crippen LogP contribution in [0.3, 0.4) is 0 Å². The molecule has 2 atom stereocenters. The number of thiazole rings is 1. The van der Waals surface area contributed by atoms with Crippen LogP contribution in [0.5, 0.6) is 0 Å². The number of hydrogen-bond acceptors (Lipinski definition) is 4. The van der Waals surface area contributed by atoms with Gasteiger partial charge in [0.25, 0.3) is 0 Å². The Bertz CT molecular complexity index is 637. The first-order valence-electron chi connectivity index (χ1n) is 5.52. The van der Waals surface area contributed by atoms with Crippen molar-refractivity contribution in [3.8, 4) is 0 Å². The van der Waals surface area contributed by atoms with Crippen LogP contribution in [0, 0.1) is 11.8 Å². The van der Waals surface area contributed by atoms with E-state index in [1.807, 2.05) is 12.1 Å². The quantitative estimate of drug-likeness (QED) is 0.886. The first-order chi connectivity index (χ1) is 8.65. The number of carboxylic acid groups (broad SMARTS) is 1. The fourth-order valence-corrected chi connectivity index (χ4v) is 2.64. The molecule has 1 fully saturated rings. The number of benzene rings is 1. The van der Waals surface area contributed by atoms with Crippen molar-refractivity contribution < 1.29 is 14.7 Å². The van der Waals surface area contributed by atoms with Crippen LogP contribution >= 0.6 is 11.3 Å². The maximum Gasteiger partial charge on any atom is 0.307 e. The predicted molar refractivity (Wildman–Crippen MR) is 67.5 cm³/mol. The fraction of sp³-hybridized carbons (Fsp3) is 0.250. The van der Waals surface area contributed by atoms with Crippen molar-refractivity contribution in [1.82, 2.24) is 4.98 Å². The lowest BCUT2D eigenvalue weighted by Gasteiger charge is -2.03. The molecule has 1 aromatic heterocycles. The Labute approximate surface area is 106 Å². The van der Waals surface area contributed by atoms with Crippen molar-refractivity contribution >= 4 is 39.1 Å². The van der Waals surface area contributed by atoms with E-state index in [1.165, 1.54) is 11.3 Å². The average molecular weight is 262 g/mol. The molecule has 18 heavy (non-hydrogen) atoms. The molecule has 0 bridgehead atoms. The Morgan fingerprint density at radius 1 is 1.39 bits per heavy atom. The molecule has 92 valence electrons. The van der Waals surface area contributed by atoms with Crippen LogP contribution in [0.25, 0.3) is 10.2 Å². The van der Waals surface area contributed by atoms with Gasteiger partial charge in [0.15, 0.2) is 0 Å². The molecule has 0 spiro atoms. The Morgan fingerprint density at radius 2 is 2.22 bits per heavy atom. The second-order valence-electron chi connectivity index (χ2n) is 4.31. The van der Waals surface area contributed by atoms with Crippen LogP contribution in [-0.4, -0.2) is 22.0 Å². The number of fused-ring (bicyclic) bond motifs is 1. The van der Waals surface area contributed by atoms with Crippen LogP contribution in [0.15, 0.2) is 23.7 Å². The molecule has 1 heterocycles. The fourth-order valence-electron chi connectivity index (χ4n) is 1.93. The highest BCUT2D eigenvalue weighted by atomic mass is 32.1. The van der Waals surface area contributed by atoms with Gasteiger partial charge in [0.2, 0.25) is 5.91 Å². The summed E-state index contributed by atoms with van der Waals surface area (Å²) in [7, 11) is 0. The minimum Gasteiger partial charge on any atom is -0.481 e. The third-order valence-corrected chi connectivity index (χ3v) is 3.83. The Balaban J connectivity index is 1.72. The molecule has 6 heteroatoms. The molecule has 1 aliphatic rings. The Morgan fingerprint density at radius 3 is 2.94 bits per heavy atom. The summed E-state index contributed by atoms with van der Waals surface area (Å²) in [5.74, 6) is -2.02. The molecule has 0 saturated heterocycles. The van der Waals surface area contributed by atoms with Gasteiger partial charge >= 0.3 is 5.97 Å². The summed E-state index contributed by atoms with van der Waals surface area (Å²) in [5, 5.41) is 11.5. The zero-order valence-corrected chi connectivity index (χ0v) is 10.1. The van der Waals surface area contributed by atoms with Crippen LogP contribution in [0.2, 0.25) is 0 Å². The van der Waals surface area contributed by atoms with Gasteiger partial charge in [-0.05, 0) is 24.6 Å².